The smallest absolute Gasteiger partial charge is 0.303 e. The van der Waals surface area contributed by atoms with Crippen molar-refractivity contribution < 1.29 is 44.1 Å². The van der Waals surface area contributed by atoms with Gasteiger partial charge in [-0.05, 0) is 43.4 Å². The zero-order valence-electron chi connectivity index (χ0n) is 19.7. The summed E-state index contributed by atoms with van der Waals surface area (Å²) in [6.45, 7) is 1.22. The highest BCUT2D eigenvalue weighted by atomic mass is 16.4. The number of primary amides is 2. The molecule has 36 heavy (non-hydrogen) atoms. The fourth-order valence-corrected chi connectivity index (χ4v) is 3.25. The molecule has 0 heterocycles. The number of amides is 4. The van der Waals surface area contributed by atoms with Crippen molar-refractivity contribution in [3.05, 3.63) is 29.3 Å². The number of rotatable bonds is 15. The van der Waals surface area contributed by atoms with Gasteiger partial charge in [-0.3, -0.25) is 28.8 Å². The van der Waals surface area contributed by atoms with Gasteiger partial charge < -0.3 is 43.2 Å². The van der Waals surface area contributed by atoms with Crippen molar-refractivity contribution in [2.24, 2.45) is 17.2 Å². The van der Waals surface area contributed by atoms with Gasteiger partial charge in [0.25, 0.3) is 0 Å². The SMILES string of the molecule is C[C@@](CCC(=O)O)(NC(=O)[C@@H](N)Cc1ccc(O)c(CCC(=O)O)c1)C(=O)N[C@@H](CC(N)=O)C(N)=O. The van der Waals surface area contributed by atoms with E-state index in [0.717, 1.165) is 0 Å². The van der Waals surface area contributed by atoms with Crippen molar-refractivity contribution in [1.82, 2.24) is 10.6 Å². The number of phenols is 1. The monoisotopic (exact) mass is 509 g/mol. The van der Waals surface area contributed by atoms with Crippen LogP contribution in [0.3, 0.4) is 0 Å². The van der Waals surface area contributed by atoms with Crippen molar-refractivity contribution in [1.29, 1.82) is 0 Å². The number of benzene rings is 1. The Kier molecular flexibility index (Phi) is 10.8. The Balaban J connectivity index is 3.04. The van der Waals surface area contributed by atoms with E-state index in [2.05, 4.69) is 10.6 Å². The molecule has 1 aromatic carbocycles. The number of carbonyl (C=O) groups is 6. The summed E-state index contributed by atoms with van der Waals surface area (Å²) in [7, 11) is 0. The molecule has 0 unspecified atom stereocenters. The summed E-state index contributed by atoms with van der Waals surface area (Å²) in [4.78, 5) is 70.4. The van der Waals surface area contributed by atoms with Gasteiger partial charge in [0, 0.05) is 12.8 Å². The predicted molar refractivity (Wildman–Crippen MR) is 124 cm³/mol. The van der Waals surface area contributed by atoms with Crippen LogP contribution < -0.4 is 27.8 Å². The molecule has 11 N–H and O–H groups in total. The topological polar surface area (TPSA) is 265 Å². The van der Waals surface area contributed by atoms with Crippen molar-refractivity contribution in [2.45, 2.75) is 63.1 Å². The van der Waals surface area contributed by atoms with E-state index in [1.54, 1.807) is 0 Å². The van der Waals surface area contributed by atoms with Gasteiger partial charge >= 0.3 is 11.9 Å². The molecular formula is C22H31N5O9. The minimum atomic E-state index is -1.85. The van der Waals surface area contributed by atoms with Crippen LogP contribution in [0.4, 0.5) is 0 Å². The quantitative estimate of drug-likeness (QED) is 0.127. The number of carbonyl (C=O) groups excluding carboxylic acids is 4. The lowest BCUT2D eigenvalue weighted by atomic mass is 9.92. The van der Waals surface area contributed by atoms with E-state index in [9.17, 15) is 33.9 Å². The molecule has 0 fully saturated rings. The van der Waals surface area contributed by atoms with E-state index in [4.69, 9.17) is 27.4 Å². The molecule has 0 spiro atoms. The maximum absolute atomic E-state index is 12.9. The number of phenolic OH excluding ortho intramolecular Hbond substituents is 1. The number of aryl methyl sites for hydroxylation is 1. The molecule has 0 aliphatic rings. The van der Waals surface area contributed by atoms with Crippen LogP contribution in [-0.4, -0.2) is 68.5 Å². The van der Waals surface area contributed by atoms with E-state index in [1.165, 1.54) is 25.1 Å². The number of aromatic hydroxyl groups is 1. The lowest BCUT2D eigenvalue weighted by molar-refractivity contribution is -0.140. The van der Waals surface area contributed by atoms with Crippen molar-refractivity contribution >= 4 is 35.6 Å². The summed E-state index contributed by atoms with van der Waals surface area (Å²) < 4.78 is 0. The Morgan fingerprint density at radius 1 is 1.03 bits per heavy atom. The molecular weight excluding hydrogens is 478 g/mol. The standard InChI is InChI=1S/C22H31N5O9/c1-22(7-6-18(32)33,21(36)26-14(19(25)34)10-16(24)29)27-20(35)13(23)9-11-2-4-15(28)12(8-11)3-5-17(30)31/h2,4,8,13-14,28H,3,5-7,9-10,23H2,1H3,(H2,24,29)(H2,25,34)(H,26,36)(H,27,35)(H,30,31)(H,32,33)/t13-,14-,22-/m0/s1. The maximum atomic E-state index is 12.9. The molecule has 198 valence electrons. The number of nitrogens with two attached hydrogens (primary N) is 3. The maximum Gasteiger partial charge on any atom is 0.303 e. The lowest BCUT2D eigenvalue weighted by Gasteiger charge is -2.31. The Hall–Kier alpha value is -4.20. The third-order valence-electron chi connectivity index (χ3n) is 5.34. The first-order valence-electron chi connectivity index (χ1n) is 10.8. The summed E-state index contributed by atoms with van der Waals surface area (Å²) in [5.74, 6) is -6.21. The summed E-state index contributed by atoms with van der Waals surface area (Å²) in [6, 6.07) is 1.62. The Morgan fingerprint density at radius 2 is 1.64 bits per heavy atom. The Labute approximate surface area is 206 Å². The second-order valence-corrected chi connectivity index (χ2v) is 8.48. The van der Waals surface area contributed by atoms with E-state index < -0.39 is 66.0 Å². The van der Waals surface area contributed by atoms with Crippen molar-refractivity contribution in [3.63, 3.8) is 0 Å². The van der Waals surface area contributed by atoms with E-state index >= 15 is 0 Å². The summed E-state index contributed by atoms with van der Waals surface area (Å²) in [6.07, 6.45) is -1.74. The van der Waals surface area contributed by atoms with Crippen LogP contribution in [-0.2, 0) is 41.6 Å². The van der Waals surface area contributed by atoms with Gasteiger partial charge in [-0.25, -0.2) is 0 Å². The third-order valence-corrected chi connectivity index (χ3v) is 5.34. The van der Waals surface area contributed by atoms with E-state index in [-0.39, 0.29) is 31.4 Å². The Bertz CT molecular complexity index is 1030. The number of aliphatic carboxylic acids is 2. The van der Waals surface area contributed by atoms with Crippen LogP contribution in [0.5, 0.6) is 5.75 Å². The second kappa shape index (κ2) is 13.0. The molecule has 14 heteroatoms. The van der Waals surface area contributed by atoms with Crippen LogP contribution in [0.2, 0.25) is 0 Å². The highest BCUT2D eigenvalue weighted by molar-refractivity contribution is 5.96. The summed E-state index contributed by atoms with van der Waals surface area (Å²) in [5.41, 5.74) is 15.2. The highest BCUT2D eigenvalue weighted by Crippen LogP contribution is 2.21. The van der Waals surface area contributed by atoms with Gasteiger partial charge in [-0.2, -0.15) is 0 Å². The average molecular weight is 510 g/mol. The molecule has 3 atom stereocenters. The molecule has 0 radical (unpaired) electrons. The minimum absolute atomic E-state index is 0.0518. The van der Waals surface area contributed by atoms with Gasteiger partial charge in [0.05, 0.1) is 12.5 Å². The van der Waals surface area contributed by atoms with Crippen LogP contribution in [0.25, 0.3) is 0 Å². The fraction of sp³-hybridized carbons (Fsp3) is 0.455. The molecule has 0 bridgehead atoms. The molecule has 1 aromatic rings. The Morgan fingerprint density at radius 3 is 2.17 bits per heavy atom. The van der Waals surface area contributed by atoms with Crippen LogP contribution in [0.1, 0.15) is 43.7 Å². The van der Waals surface area contributed by atoms with Gasteiger partial charge in [0.2, 0.25) is 23.6 Å². The molecule has 0 aliphatic carbocycles. The van der Waals surface area contributed by atoms with Gasteiger partial charge in [-0.15, -0.1) is 0 Å². The number of hydrogen-bond donors (Lipinski definition) is 8. The molecule has 0 saturated carbocycles. The molecule has 1 rings (SSSR count). The first-order chi connectivity index (χ1) is 16.6. The number of nitrogens with one attached hydrogen (secondary N) is 2. The molecule has 0 aromatic heterocycles. The predicted octanol–water partition coefficient (Wildman–Crippen LogP) is -2.14. The van der Waals surface area contributed by atoms with Crippen molar-refractivity contribution in [3.8, 4) is 5.75 Å². The molecule has 0 saturated heterocycles. The zero-order valence-corrected chi connectivity index (χ0v) is 19.7. The minimum Gasteiger partial charge on any atom is -0.508 e. The normalized spacial score (nSPS) is 14.1. The van der Waals surface area contributed by atoms with E-state index in [0.29, 0.717) is 11.1 Å². The van der Waals surface area contributed by atoms with E-state index in [1.807, 2.05) is 0 Å². The van der Waals surface area contributed by atoms with Gasteiger partial charge in [0.15, 0.2) is 0 Å². The second-order valence-electron chi connectivity index (χ2n) is 8.48. The highest BCUT2D eigenvalue weighted by Gasteiger charge is 2.38. The fourth-order valence-electron chi connectivity index (χ4n) is 3.25. The van der Waals surface area contributed by atoms with Gasteiger partial charge in [-0.1, -0.05) is 12.1 Å². The summed E-state index contributed by atoms with van der Waals surface area (Å²) >= 11 is 0. The van der Waals surface area contributed by atoms with Gasteiger partial charge in [0.1, 0.15) is 17.3 Å². The number of carboxylic acid groups (broad SMARTS) is 2. The zero-order chi connectivity index (χ0) is 27.6. The molecule has 4 amide bonds. The largest absolute Gasteiger partial charge is 0.508 e. The number of carboxylic acids is 2. The lowest BCUT2D eigenvalue weighted by Crippen LogP contribution is -2.62. The average Bonchev–Trinajstić information content (AvgIpc) is 2.76. The number of hydrogen-bond acceptors (Lipinski definition) is 8. The first-order valence-corrected chi connectivity index (χ1v) is 10.8. The first kappa shape index (κ1) is 29.8. The third kappa shape index (κ3) is 9.58. The molecule has 14 nitrogen and oxygen atoms in total. The van der Waals surface area contributed by atoms with Crippen LogP contribution in [0.15, 0.2) is 18.2 Å². The van der Waals surface area contributed by atoms with Crippen molar-refractivity contribution in [2.75, 3.05) is 0 Å². The van der Waals surface area contributed by atoms with Crippen LogP contribution >= 0.6 is 0 Å². The van der Waals surface area contributed by atoms with Crippen LogP contribution in [0, 0.1) is 0 Å². The molecule has 0 aliphatic heterocycles. The summed E-state index contributed by atoms with van der Waals surface area (Å²) in [5, 5.41) is 32.4.